The first-order valence-electron chi connectivity index (χ1n) is 5.50. The van der Waals surface area contributed by atoms with Crippen molar-refractivity contribution >= 4 is 17.3 Å². The van der Waals surface area contributed by atoms with Crippen molar-refractivity contribution in [2.75, 3.05) is 5.73 Å². The average molecular weight is 266 g/mol. The van der Waals surface area contributed by atoms with Gasteiger partial charge in [0.05, 0.1) is 5.02 Å². The maximum absolute atomic E-state index is 12.9. The van der Waals surface area contributed by atoms with Gasteiger partial charge in [-0.25, -0.2) is 4.39 Å². The Bertz CT molecular complexity index is 572. The number of nitrogens with two attached hydrogens (primary N) is 1. The van der Waals surface area contributed by atoms with Crippen molar-refractivity contribution < 1.29 is 9.13 Å². The van der Waals surface area contributed by atoms with Gasteiger partial charge in [0.2, 0.25) is 0 Å². The first-order valence-corrected chi connectivity index (χ1v) is 5.87. The molecule has 0 fully saturated rings. The zero-order chi connectivity index (χ0) is 13.1. The van der Waals surface area contributed by atoms with Gasteiger partial charge >= 0.3 is 0 Å². The van der Waals surface area contributed by atoms with Crippen LogP contribution in [0, 0.1) is 12.7 Å². The Morgan fingerprint density at radius 2 is 2.06 bits per heavy atom. The van der Waals surface area contributed by atoms with Gasteiger partial charge in [-0.05, 0) is 42.3 Å². The van der Waals surface area contributed by atoms with Gasteiger partial charge in [0, 0.05) is 5.69 Å². The summed E-state index contributed by atoms with van der Waals surface area (Å²) in [6.07, 6.45) is 0. The molecule has 0 aliphatic heterocycles. The molecule has 0 radical (unpaired) electrons. The molecular weight excluding hydrogens is 253 g/mol. The smallest absolute Gasteiger partial charge is 0.138 e. The molecule has 4 heteroatoms. The number of hydrogen-bond donors (Lipinski definition) is 1. The third kappa shape index (κ3) is 2.74. The lowest BCUT2D eigenvalue weighted by Gasteiger charge is -2.11. The van der Waals surface area contributed by atoms with Crippen molar-refractivity contribution in [3.8, 4) is 5.75 Å². The average Bonchev–Trinajstić information content (AvgIpc) is 2.33. The highest BCUT2D eigenvalue weighted by molar-refractivity contribution is 6.32. The number of anilines is 1. The SMILES string of the molecule is Cc1c(N)cccc1COc1ccc(F)cc1Cl. The Hall–Kier alpha value is -1.74. The van der Waals surface area contributed by atoms with Crippen molar-refractivity contribution in [3.05, 3.63) is 58.4 Å². The third-order valence-electron chi connectivity index (χ3n) is 2.76. The normalized spacial score (nSPS) is 10.4. The summed E-state index contributed by atoms with van der Waals surface area (Å²) in [5, 5.41) is 0.261. The molecule has 0 amide bonds. The second-order valence-corrected chi connectivity index (χ2v) is 4.40. The zero-order valence-electron chi connectivity index (χ0n) is 9.91. The molecule has 18 heavy (non-hydrogen) atoms. The fourth-order valence-corrected chi connectivity index (χ4v) is 1.83. The highest BCUT2D eigenvalue weighted by Gasteiger charge is 2.06. The molecule has 2 N–H and O–H groups in total. The minimum Gasteiger partial charge on any atom is -0.487 e. The molecule has 2 aromatic carbocycles. The molecule has 0 atom stereocenters. The summed E-state index contributed by atoms with van der Waals surface area (Å²) >= 11 is 5.88. The highest BCUT2D eigenvalue weighted by Crippen LogP contribution is 2.26. The lowest BCUT2D eigenvalue weighted by atomic mass is 10.1. The standard InChI is InChI=1S/C14H13ClFNO/c1-9-10(3-2-4-13(9)17)8-18-14-6-5-11(16)7-12(14)15/h2-7H,8,17H2,1H3. The van der Waals surface area contributed by atoms with Crippen LogP contribution >= 0.6 is 11.6 Å². The Morgan fingerprint density at radius 3 is 2.78 bits per heavy atom. The van der Waals surface area contributed by atoms with Crippen molar-refractivity contribution in [3.63, 3.8) is 0 Å². The molecule has 0 saturated carbocycles. The van der Waals surface area contributed by atoms with Crippen molar-refractivity contribution in [2.24, 2.45) is 0 Å². The van der Waals surface area contributed by atoms with Gasteiger partial charge in [0.1, 0.15) is 18.2 Å². The molecule has 2 rings (SSSR count). The van der Waals surface area contributed by atoms with Crippen LogP contribution in [0.2, 0.25) is 5.02 Å². The summed E-state index contributed by atoms with van der Waals surface area (Å²) in [7, 11) is 0. The minimum absolute atomic E-state index is 0.261. The van der Waals surface area contributed by atoms with Gasteiger partial charge in [0.15, 0.2) is 0 Å². The summed E-state index contributed by atoms with van der Waals surface area (Å²) in [4.78, 5) is 0. The van der Waals surface area contributed by atoms with E-state index in [0.29, 0.717) is 12.4 Å². The molecule has 94 valence electrons. The van der Waals surface area contributed by atoms with Crippen LogP contribution < -0.4 is 10.5 Å². The maximum Gasteiger partial charge on any atom is 0.138 e. The van der Waals surface area contributed by atoms with E-state index in [1.165, 1.54) is 18.2 Å². The number of halogens is 2. The predicted octanol–water partition coefficient (Wildman–Crippen LogP) is 3.95. The van der Waals surface area contributed by atoms with Gasteiger partial charge < -0.3 is 10.5 Å². The van der Waals surface area contributed by atoms with Gasteiger partial charge in [-0.1, -0.05) is 23.7 Å². The minimum atomic E-state index is -0.382. The first-order chi connectivity index (χ1) is 8.58. The maximum atomic E-state index is 12.9. The van der Waals surface area contributed by atoms with E-state index in [1.54, 1.807) is 0 Å². The van der Waals surface area contributed by atoms with E-state index in [4.69, 9.17) is 22.1 Å². The summed E-state index contributed by atoms with van der Waals surface area (Å²) in [6.45, 7) is 2.28. The molecule has 2 nitrogen and oxygen atoms in total. The molecule has 0 aromatic heterocycles. The van der Waals surface area contributed by atoms with Gasteiger partial charge in [-0.2, -0.15) is 0 Å². The third-order valence-corrected chi connectivity index (χ3v) is 3.06. The van der Waals surface area contributed by atoms with Crippen molar-refractivity contribution in [1.29, 1.82) is 0 Å². The van der Waals surface area contributed by atoms with E-state index >= 15 is 0 Å². The summed E-state index contributed by atoms with van der Waals surface area (Å²) < 4.78 is 18.4. The Morgan fingerprint density at radius 1 is 1.28 bits per heavy atom. The van der Waals surface area contributed by atoms with E-state index in [9.17, 15) is 4.39 Å². The summed E-state index contributed by atoms with van der Waals surface area (Å²) in [5.74, 6) is 0.0763. The van der Waals surface area contributed by atoms with Crippen LogP contribution in [0.5, 0.6) is 5.75 Å². The van der Waals surface area contributed by atoms with E-state index in [2.05, 4.69) is 0 Å². The van der Waals surface area contributed by atoms with E-state index in [-0.39, 0.29) is 10.8 Å². The molecule has 0 saturated heterocycles. The number of hydrogen-bond acceptors (Lipinski definition) is 2. The molecule has 2 aromatic rings. The Balaban J connectivity index is 2.14. The molecule has 0 heterocycles. The van der Waals surface area contributed by atoms with E-state index in [0.717, 1.165) is 16.8 Å². The molecule has 0 aliphatic rings. The van der Waals surface area contributed by atoms with Gasteiger partial charge in [-0.15, -0.1) is 0 Å². The molecule has 0 unspecified atom stereocenters. The lowest BCUT2D eigenvalue weighted by molar-refractivity contribution is 0.305. The van der Waals surface area contributed by atoms with Gasteiger partial charge in [0.25, 0.3) is 0 Å². The van der Waals surface area contributed by atoms with E-state index < -0.39 is 0 Å². The summed E-state index contributed by atoms with van der Waals surface area (Å²) in [5.41, 5.74) is 8.50. The second kappa shape index (κ2) is 5.27. The van der Waals surface area contributed by atoms with Crippen molar-refractivity contribution in [1.82, 2.24) is 0 Å². The second-order valence-electron chi connectivity index (χ2n) is 3.99. The molecule has 0 spiro atoms. The van der Waals surface area contributed by atoms with Crippen LogP contribution in [0.4, 0.5) is 10.1 Å². The lowest BCUT2D eigenvalue weighted by Crippen LogP contribution is -2.01. The largest absolute Gasteiger partial charge is 0.487 e. The quantitative estimate of drug-likeness (QED) is 0.853. The van der Waals surface area contributed by atoms with Gasteiger partial charge in [-0.3, -0.25) is 0 Å². The number of rotatable bonds is 3. The predicted molar refractivity (Wildman–Crippen MR) is 71.3 cm³/mol. The van der Waals surface area contributed by atoms with Crippen LogP contribution in [0.1, 0.15) is 11.1 Å². The van der Waals surface area contributed by atoms with Crippen LogP contribution in [-0.4, -0.2) is 0 Å². The zero-order valence-corrected chi connectivity index (χ0v) is 10.7. The summed E-state index contributed by atoms with van der Waals surface area (Å²) in [6, 6.07) is 9.69. The Kier molecular flexibility index (Phi) is 3.72. The number of benzene rings is 2. The van der Waals surface area contributed by atoms with Crippen molar-refractivity contribution in [2.45, 2.75) is 13.5 Å². The molecule has 0 bridgehead atoms. The fourth-order valence-electron chi connectivity index (χ4n) is 1.61. The van der Waals surface area contributed by atoms with E-state index in [1.807, 2.05) is 25.1 Å². The fraction of sp³-hybridized carbons (Fsp3) is 0.143. The molecule has 0 aliphatic carbocycles. The molecular formula is C14H13ClFNO. The number of nitrogen functional groups attached to an aromatic ring is 1. The topological polar surface area (TPSA) is 35.2 Å². The first kappa shape index (κ1) is 12.7. The Labute approximate surface area is 110 Å². The monoisotopic (exact) mass is 265 g/mol. The highest BCUT2D eigenvalue weighted by atomic mass is 35.5. The van der Waals surface area contributed by atoms with Crippen LogP contribution in [0.3, 0.4) is 0 Å². The van der Waals surface area contributed by atoms with Crippen LogP contribution in [0.25, 0.3) is 0 Å². The number of ether oxygens (including phenoxy) is 1. The van der Waals surface area contributed by atoms with Crippen LogP contribution in [-0.2, 0) is 6.61 Å². The van der Waals surface area contributed by atoms with Crippen LogP contribution in [0.15, 0.2) is 36.4 Å².